The summed E-state index contributed by atoms with van der Waals surface area (Å²) in [5.74, 6) is 0. The number of nitrogens with one attached hydrogen (secondary N) is 1. The number of aryl methyl sites for hydroxylation is 1. The van der Waals surface area contributed by atoms with Gasteiger partial charge in [0.25, 0.3) is 0 Å². The monoisotopic (exact) mass is 316 g/mol. The molecule has 0 amide bonds. The molecule has 0 fully saturated rings. The first kappa shape index (κ1) is 12.8. The number of aromatic nitrogens is 1. The Labute approximate surface area is 122 Å². The normalized spacial score (nSPS) is 18.1. The van der Waals surface area contributed by atoms with Gasteiger partial charge in [0.1, 0.15) is 0 Å². The smallest absolute Gasteiger partial charge is 0.0271 e. The van der Waals surface area contributed by atoms with Gasteiger partial charge >= 0.3 is 0 Å². The predicted octanol–water partition coefficient (Wildman–Crippen LogP) is 3.49. The number of benzene rings is 1. The molecule has 1 aliphatic carbocycles. The van der Waals surface area contributed by atoms with Gasteiger partial charge < -0.3 is 5.32 Å². The molecule has 1 heterocycles. The Hall–Kier alpha value is -1.19. The summed E-state index contributed by atoms with van der Waals surface area (Å²) in [7, 11) is 0. The van der Waals surface area contributed by atoms with Gasteiger partial charge in [-0.1, -0.05) is 22.0 Å². The molecule has 1 unspecified atom stereocenters. The standard InChI is InChI=1S/C16H17BrN2/c17-15-3-1-14-10-16(4-2-13(14)9-15)19-11-12-5-7-18-8-6-12/h1,3,5-9,16,19H,2,4,10-11H2. The third kappa shape index (κ3) is 3.23. The van der Waals surface area contributed by atoms with Gasteiger partial charge in [0.2, 0.25) is 0 Å². The molecule has 98 valence electrons. The van der Waals surface area contributed by atoms with Crippen LogP contribution in [-0.2, 0) is 19.4 Å². The number of hydrogen-bond acceptors (Lipinski definition) is 2. The first-order valence-corrected chi connectivity index (χ1v) is 7.50. The van der Waals surface area contributed by atoms with E-state index in [2.05, 4.69) is 56.6 Å². The maximum atomic E-state index is 4.05. The van der Waals surface area contributed by atoms with Gasteiger partial charge in [0.05, 0.1) is 0 Å². The van der Waals surface area contributed by atoms with Crippen LogP contribution < -0.4 is 5.32 Å². The number of hydrogen-bond donors (Lipinski definition) is 1. The minimum Gasteiger partial charge on any atom is -0.310 e. The fourth-order valence-electron chi connectivity index (χ4n) is 2.66. The minimum absolute atomic E-state index is 0.585. The van der Waals surface area contributed by atoms with Crippen molar-refractivity contribution in [3.63, 3.8) is 0 Å². The molecule has 1 aromatic heterocycles. The fourth-order valence-corrected chi connectivity index (χ4v) is 3.07. The quantitative estimate of drug-likeness (QED) is 0.937. The van der Waals surface area contributed by atoms with Gasteiger partial charge in [0.15, 0.2) is 0 Å². The van der Waals surface area contributed by atoms with E-state index in [1.165, 1.54) is 34.0 Å². The number of rotatable bonds is 3. The molecular weight excluding hydrogens is 300 g/mol. The average Bonchev–Trinajstić information content (AvgIpc) is 2.46. The van der Waals surface area contributed by atoms with Crippen molar-refractivity contribution in [1.82, 2.24) is 10.3 Å². The summed E-state index contributed by atoms with van der Waals surface area (Å²) >= 11 is 3.55. The molecule has 3 heteroatoms. The topological polar surface area (TPSA) is 24.9 Å². The molecule has 2 nitrogen and oxygen atoms in total. The van der Waals surface area contributed by atoms with E-state index >= 15 is 0 Å². The van der Waals surface area contributed by atoms with Gasteiger partial charge in [-0.3, -0.25) is 4.98 Å². The number of halogens is 1. The molecule has 0 aliphatic heterocycles. The summed E-state index contributed by atoms with van der Waals surface area (Å²) in [6.45, 7) is 0.930. The van der Waals surface area contributed by atoms with Crippen LogP contribution >= 0.6 is 15.9 Å². The van der Waals surface area contributed by atoms with Crippen LogP contribution in [0.4, 0.5) is 0 Å². The van der Waals surface area contributed by atoms with Crippen molar-refractivity contribution in [2.75, 3.05) is 0 Å². The van der Waals surface area contributed by atoms with E-state index in [0.29, 0.717) is 6.04 Å². The molecule has 0 radical (unpaired) electrons. The molecular formula is C16H17BrN2. The molecule has 0 spiro atoms. The Morgan fingerprint density at radius 3 is 2.84 bits per heavy atom. The van der Waals surface area contributed by atoms with Crippen molar-refractivity contribution in [1.29, 1.82) is 0 Å². The summed E-state index contributed by atoms with van der Waals surface area (Å²) in [5, 5.41) is 3.65. The molecule has 1 atom stereocenters. The number of nitrogens with zero attached hydrogens (tertiary/aromatic N) is 1. The van der Waals surface area contributed by atoms with E-state index in [1.54, 1.807) is 0 Å². The minimum atomic E-state index is 0.585. The predicted molar refractivity (Wildman–Crippen MR) is 81.0 cm³/mol. The summed E-state index contributed by atoms with van der Waals surface area (Å²) in [6, 6.07) is 11.4. The highest BCUT2D eigenvalue weighted by molar-refractivity contribution is 9.10. The summed E-state index contributed by atoms with van der Waals surface area (Å²) in [4.78, 5) is 4.05. The molecule has 1 aliphatic rings. The molecule has 2 aromatic rings. The van der Waals surface area contributed by atoms with Crippen LogP contribution in [0.15, 0.2) is 47.2 Å². The second-order valence-electron chi connectivity index (χ2n) is 5.09. The van der Waals surface area contributed by atoms with Crippen molar-refractivity contribution < 1.29 is 0 Å². The lowest BCUT2D eigenvalue weighted by Gasteiger charge is -2.26. The highest BCUT2D eigenvalue weighted by Crippen LogP contribution is 2.24. The van der Waals surface area contributed by atoms with Gasteiger partial charge in [-0.05, 0) is 60.2 Å². The van der Waals surface area contributed by atoms with Crippen LogP contribution in [0.25, 0.3) is 0 Å². The molecule has 1 aromatic carbocycles. The Kier molecular flexibility index (Phi) is 3.95. The maximum absolute atomic E-state index is 4.05. The van der Waals surface area contributed by atoms with Crippen LogP contribution in [0.2, 0.25) is 0 Å². The van der Waals surface area contributed by atoms with Crippen molar-refractivity contribution in [3.8, 4) is 0 Å². The fraction of sp³-hybridized carbons (Fsp3) is 0.312. The second-order valence-corrected chi connectivity index (χ2v) is 6.00. The van der Waals surface area contributed by atoms with E-state index in [9.17, 15) is 0 Å². The Morgan fingerprint density at radius 1 is 1.16 bits per heavy atom. The van der Waals surface area contributed by atoms with Gasteiger partial charge in [-0.25, -0.2) is 0 Å². The van der Waals surface area contributed by atoms with Gasteiger partial charge in [0, 0.05) is 29.5 Å². The van der Waals surface area contributed by atoms with E-state index in [-0.39, 0.29) is 0 Å². The van der Waals surface area contributed by atoms with E-state index in [0.717, 1.165) is 13.0 Å². The summed E-state index contributed by atoms with van der Waals surface area (Å²) < 4.78 is 1.19. The van der Waals surface area contributed by atoms with Gasteiger partial charge in [-0.15, -0.1) is 0 Å². The van der Waals surface area contributed by atoms with Crippen LogP contribution in [0.5, 0.6) is 0 Å². The molecule has 1 N–H and O–H groups in total. The second kappa shape index (κ2) is 5.85. The number of fused-ring (bicyclic) bond motifs is 1. The largest absolute Gasteiger partial charge is 0.310 e. The van der Waals surface area contributed by atoms with Gasteiger partial charge in [-0.2, -0.15) is 0 Å². The van der Waals surface area contributed by atoms with Crippen LogP contribution in [0.3, 0.4) is 0 Å². The molecule has 19 heavy (non-hydrogen) atoms. The first-order chi connectivity index (χ1) is 9.31. The molecule has 0 saturated heterocycles. The summed E-state index contributed by atoms with van der Waals surface area (Å²) in [6.07, 6.45) is 7.22. The van der Waals surface area contributed by atoms with E-state index in [1.807, 2.05) is 12.4 Å². The van der Waals surface area contributed by atoms with Crippen LogP contribution in [0, 0.1) is 0 Å². The SMILES string of the molecule is Brc1ccc2c(c1)CCC(NCc1ccncc1)C2. The third-order valence-electron chi connectivity index (χ3n) is 3.74. The van der Waals surface area contributed by atoms with E-state index < -0.39 is 0 Å². The molecule has 0 saturated carbocycles. The van der Waals surface area contributed by atoms with Crippen molar-refractivity contribution in [2.45, 2.75) is 31.8 Å². The van der Waals surface area contributed by atoms with Crippen molar-refractivity contribution in [3.05, 3.63) is 63.9 Å². The Morgan fingerprint density at radius 2 is 2.00 bits per heavy atom. The Bertz CT molecular complexity index is 554. The zero-order chi connectivity index (χ0) is 13.1. The maximum Gasteiger partial charge on any atom is 0.0271 e. The lowest BCUT2D eigenvalue weighted by Crippen LogP contribution is -2.34. The zero-order valence-corrected chi connectivity index (χ0v) is 12.4. The highest BCUT2D eigenvalue weighted by atomic mass is 79.9. The first-order valence-electron chi connectivity index (χ1n) is 6.71. The van der Waals surface area contributed by atoms with Crippen molar-refractivity contribution in [2.24, 2.45) is 0 Å². The lowest BCUT2D eigenvalue weighted by atomic mass is 9.88. The molecule has 0 bridgehead atoms. The van der Waals surface area contributed by atoms with E-state index in [4.69, 9.17) is 0 Å². The summed E-state index contributed by atoms with van der Waals surface area (Å²) in [5.41, 5.74) is 4.29. The van der Waals surface area contributed by atoms with Crippen LogP contribution in [0.1, 0.15) is 23.1 Å². The molecule has 3 rings (SSSR count). The third-order valence-corrected chi connectivity index (χ3v) is 4.23. The number of pyridine rings is 1. The lowest BCUT2D eigenvalue weighted by molar-refractivity contribution is 0.457. The Balaban J connectivity index is 1.61. The van der Waals surface area contributed by atoms with Crippen molar-refractivity contribution >= 4 is 15.9 Å². The average molecular weight is 317 g/mol. The van der Waals surface area contributed by atoms with Crippen LogP contribution in [-0.4, -0.2) is 11.0 Å². The highest BCUT2D eigenvalue weighted by Gasteiger charge is 2.18. The zero-order valence-electron chi connectivity index (χ0n) is 10.8.